The lowest BCUT2D eigenvalue weighted by atomic mass is 10.3. The van der Waals surface area contributed by atoms with Gasteiger partial charge in [0.25, 0.3) is 5.91 Å². The number of amides is 1. The molecule has 1 aromatic carbocycles. The van der Waals surface area contributed by atoms with Gasteiger partial charge in [-0.1, -0.05) is 22.9 Å². The lowest BCUT2D eigenvalue weighted by molar-refractivity contribution is -0.856. The first-order chi connectivity index (χ1) is 12.0. The molecule has 0 saturated heterocycles. The maximum Gasteiger partial charge on any atom is 0.270 e. The molecule has 25 heavy (non-hydrogen) atoms. The molecule has 2 aromatic heterocycles. The second-order valence-electron chi connectivity index (χ2n) is 5.85. The molecular formula is C17H19ClN3O2S2+. The maximum atomic E-state index is 13.0. The lowest BCUT2D eigenvalue weighted by Gasteiger charge is -2.19. The summed E-state index contributed by atoms with van der Waals surface area (Å²) in [4.78, 5) is 21.3. The lowest BCUT2D eigenvalue weighted by Crippen LogP contribution is -3.06. The van der Waals surface area contributed by atoms with Crippen molar-refractivity contribution in [3.8, 4) is 5.75 Å². The molecule has 0 aliphatic heterocycles. The van der Waals surface area contributed by atoms with Crippen molar-refractivity contribution >= 4 is 55.5 Å². The minimum atomic E-state index is -0.0656. The summed E-state index contributed by atoms with van der Waals surface area (Å²) in [5.41, 5.74) is 0.832. The summed E-state index contributed by atoms with van der Waals surface area (Å²) in [7, 11) is 5.76. The molecule has 0 spiro atoms. The van der Waals surface area contributed by atoms with Gasteiger partial charge in [-0.15, -0.1) is 11.3 Å². The largest absolute Gasteiger partial charge is 0.497 e. The Bertz CT molecular complexity index is 891. The number of hydrogen-bond acceptors (Lipinski definition) is 5. The van der Waals surface area contributed by atoms with Gasteiger partial charge in [0.15, 0.2) is 5.13 Å². The number of nitrogens with one attached hydrogen (secondary N) is 1. The number of nitrogens with zero attached hydrogens (tertiary/aromatic N) is 2. The fraction of sp³-hybridized carbons (Fsp3) is 0.294. The zero-order valence-corrected chi connectivity index (χ0v) is 16.6. The van der Waals surface area contributed by atoms with Crippen LogP contribution in [0, 0.1) is 0 Å². The molecule has 0 bridgehead atoms. The predicted octanol–water partition coefficient (Wildman–Crippen LogP) is 2.81. The van der Waals surface area contributed by atoms with Crippen LogP contribution in [0.4, 0.5) is 5.13 Å². The zero-order chi connectivity index (χ0) is 18.0. The van der Waals surface area contributed by atoms with Gasteiger partial charge in [0.05, 0.1) is 53.7 Å². The summed E-state index contributed by atoms with van der Waals surface area (Å²) in [5.74, 6) is 0.689. The quantitative estimate of drug-likeness (QED) is 0.697. The fourth-order valence-electron chi connectivity index (χ4n) is 2.32. The van der Waals surface area contributed by atoms with Gasteiger partial charge in [-0.05, 0) is 24.3 Å². The van der Waals surface area contributed by atoms with Crippen LogP contribution in [0.3, 0.4) is 0 Å². The average molecular weight is 397 g/mol. The number of ether oxygens (including phenoxy) is 1. The number of quaternary nitrogens is 1. The van der Waals surface area contributed by atoms with Gasteiger partial charge in [-0.3, -0.25) is 9.69 Å². The number of likely N-dealkylation sites (N-methyl/N-ethyl adjacent to an activating group) is 1. The molecule has 0 radical (unpaired) electrons. The number of hydrogen-bond donors (Lipinski definition) is 1. The Balaban J connectivity index is 1.97. The molecular weight excluding hydrogens is 378 g/mol. The number of benzene rings is 1. The second kappa shape index (κ2) is 7.70. The van der Waals surface area contributed by atoms with E-state index in [1.54, 1.807) is 24.1 Å². The highest BCUT2D eigenvalue weighted by molar-refractivity contribution is 7.22. The molecule has 3 aromatic rings. The fourth-order valence-corrected chi connectivity index (χ4v) is 4.28. The second-order valence-corrected chi connectivity index (χ2v) is 8.57. The van der Waals surface area contributed by atoms with Crippen LogP contribution in [0.2, 0.25) is 4.34 Å². The number of carbonyl (C=O) groups is 1. The van der Waals surface area contributed by atoms with Crippen molar-refractivity contribution in [1.29, 1.82) is 0 Å². The number of rotatable bonds is 6. The summed E-state index contributed by atoms with van der Waals surface area (Å²) < 4.78 is 6.89. The van der Waals surface area contributed by atoms with Crippen LogP contribution in [0.1, 0.15) is 9.67 Å². The molecule has 0 unspecified atom stereocenters. The summed E-state index contributed by atoms with van der Waals surface area (Å²) in [6, 6.07) is 9.27. The average Bonchev–Trinajstić information content (AvgIpc) is 3.19. The van der Waals surface area contributed by atoms with Crippen molar-refractivity contribution in [1.82, 2.24) is 4.98 Å². The number of methoxy groups -OCH3 is 1. The highest BCUT2D eigenvalue weighted by atomic mass is 35.5. The van der Waals surface area contributed by atoms with Crippen LogP contribution in [0.5, 0.6) is 5.75 Å². The van der Waals surface area contributed by atoms with Crippen LogP contribution in [-0.4, -0.2) is 45.2 Å². The Hall–Kier alpha value is -1.67. The first kappa shape index (κ1) is 18.1. The molecule has 0 fully saturated rings. The van der Waals surface area contributed by atoms with Crippen molar-refractivity contribution < 1.29 is 14.4 Å². The SMILES string of the molecule is COc1ccc2sc(N(CC[NH+](C)C)C(=O)c3ccc(Cl)s3)nc2c1. The zero-order valence-electron chi connectivity index (χ0n) is 14.2. The molecule has 0 aliphatic carbocycles. The van der Waals surface area contributed by atoms with E-state index in [2.05, 4.69) is 19.1 Å². The third-order valence-electron chi connectivity index (χ3n) is 3.68. The minimum absolute atomic E-state index is 0.0656. The van der Waals surface area contributed by atoms with Gasteiger partial charge in [0.2, 0.25) is 0 Å². The van der Waals surface area contributed by atoms with E-state index in [9.17, 15) is 4.79 Å². The van der Waals surface area contributed by atoms with Crippen molar-refractivity contribution in [2.24, 2.45) is 0 Å². The highest BCUT2D eigenvalue weighted by Crippen LogP contribution is 2.32. The van der Waals surface area contributed by atoms with Crippen LogP contribution in [-0.2, 0) is 0 Å². The van der Waals surface area contributed by atoms with Gasteiger partial charge in [-0.25, -0.2) is 4.98 Å². The van der Waals surface area contributed by atoms with Gasteiger partial charge in [0.1, 0.15) is 5.75 Å². The number of thiazole rings is 1. The van der Waals surface area contributed by atoms with Crippen molar-refractivity contribution in [2.75, 3.05) is 39.2 Å². The third-order valence-corrected chi connectivity index (χ3v) is 5.96. The highest BCUT2D eigenvalue weighted by Gasteiger charge is 2.23. The molecule has 0 atom stereocenters. The van der Waals surface area contributed by atoms with E-state index >= 15 is 0 Å². The van der Waals surface area contributed by atoms with Gasteiger partial charge in [-0.2, -0.15) is 0 Å². The number of carbonyl (C=O) groups excluding carboxylic acids is 1. The molecule has 1 amide bonds. The number of halogens is 1. The number of thiophene rings is 1. The van der Waals surface area contributed by atoms with Crippen molar-refractivity contribution in [3.05, 3.63) is 39.5 Å². The molecule has 0 saturated carbocycles. The summed E-state index contributed by atoms with van der Waals surface area (Å²) >= 11 is 8.79. The molecule has 8 heteroatoms. The molecule has 3 rings (SSSR count). The van der Waals surface area contributed by atoms with E-state index in [4.69, 9.17) is 16.3 Å². The molecule has 132 valence electrons. The van der Waals surface area contributed by atoms with Crippen LogP contribution in [0.15, 0.2) is 30.3 Å². The van der Waals surface area contributed by atoms with Crippen LogP contribution >= 0.6 is 34.3 Å². The van der Waals surface area contributed by atoms with E-state index in [-0.39, 0.29) is 5.91 Å². The molecule has 1 N–H and O–H groups in total. The number of aromatic nitrogens is 1. The van der Waals surface area contributed by atoms with Gasteiger partial charge in [0, 0.05) is 6.07 Å². The van der Waals surface area contributed by atoms with Gasteiger partial charge >= 0.3 is 0 Å². The summed E-state index contributed by atoms with van der Waals surface area (Å²) in [5, 5.41) is 0.694. The molecule has 2 heterocycles. The topological polar surface area (TPSA) is 46.9 Å². The molecule has 5 nitrogen and oxygen atoms in total. The summed E-state index contributed by atoms with van der Waals surface area (Å²) in [6.07, 6.45) is 0. The normalized spacial score (nSPS) is 11.2. The smallest absolute Gasteiger partial charge is 0.270 e. The van der Waals surface area contributed by atoms with Gasteiger partial charge < -0.3 is 9.64 Å². The van der Waals surface area contributed by atoms with E-state index < -0.39 is 0 Å². The van der Waals surface area contributed by atoms with Crippen molar-refractivity contribution in [3.63, 3.8) is 0 Å². The predicted molar refractivity (Wildman–Crippen MR) is 105 cm³/mol. The van der Waals surface area contributed by atoms with E-state index in [1.165, 1.54) is 27.6 Å². The minimum Gasteiger partial charge on any atom is -0.497 e. The monoisotopic (exact) mass is 396 g/mol. The van der Waals surface area contributed by atoms with E-state index in [0.717, 1.165) is 22.5 Å². The number of fused-ring (bicyclic) bond motifs is 1. The summed E-state index contributed by atoms with van der Waals surface area (Å²) in [6.45, 7) is 1.41. The maximum absolute atomic E-state index is 13.0. The Kier molecular flexibility index (Phi) is 5.58. The van der Waals surface area contributed by atoms with Crippen LogP contribution in [0.25, 0.3) is 10.2 Å². The number of anilines is 1. The first-order valence-corrected chi connectivity index (χ1v) is 9.80. The van der Waals surface area contributed by atoms with E-state index in [0.29, 0.717) is 20.9 Å². The Morgan fingerprint density at radius 2 is 2.08 bits per heavy atom. The van der Waals surface area contributed by atoms with E-state index in [1.807, 2.05) is 18.2 Å². The Morgan fingerprint density at radius 3 is 2.72 bits per heavy atom. The Morgan fingerprint density at radius 1 is 1.28 bits per heavy atom. The van der Waals surface area contributed by atoms with Crippen molar-refractivity contribution in [2.45, 2.75) is 0 Å². The third kappa shape index (κ3) is 4.12. The standard InChI is InChI=1S/C17H18ClN3O2S2/c1-20(2)8-9-21(16(22)14-6-7-15(18)24-14)17-19-12-10-11(23-3)4-5-13(12)25-17/h4-7,10H,8-9H2,1-3H3/p+1. The molecule has 0 aliphatic rings. The van der Waals surface area contributed by atoms with Crippen LogP contribution < -0.4 is 14.5 Å². The Labute approximate surface area is 159 Å². The first-order valence-electron chi connectivity index (χ1n) is 7.78.